The quantitative estimate of drug-likeness (QED) is 0.180. The molecule has 5 nitrogen and oxygen atoms in total. The van der Waals surface area contributed by atoms with Gasteiger partial charge in [-0.25, -0.2) is 4.98 Å². The van der Waals surface area contributed by atoms with Crippen LogP contribution in [0.1, 0.15) is 43.1 Å². The zero-order valence-corrected chi connectivity index (χ0v) is 25.5. The summed E-state index contributed by atoms with van der Waals surface area (Å²) in [4.78, 5) is 18.0. The maximum Gasteiger partial charge on any atom is 0.282 e. The number of rotatable bonds is 7. The predicted molar refractivity (Wildman–Crippen MR) is 158 cm³/mol. The van der Waals surface area contributed by atoms with Crippen LogP contribution >= 0.6 is 71.0 Å². The standard InChI is InChI=1S/C26H20Br3Cl2N3O2/c1-3-14(2)25-33-23-7-6-17(27)10-19(23)26(35)34(25)32-12-15-8-21(30)24(22(31)9-15)36-13-16-4-5-18(28)11-20(16)29/h4-12,14H,3,13H2,1-2H3/t14-/m1/s1. The van der Waals surface area contributed by atoms with Crippen molar-refractivity contribution in [1.82, 2.24) is 9.66 Å². The van der Waals surface area contributed by atoms with E-state index in [0.717, 1.165) is 25.4 Å². The van der Waals surface area contributed by atoms with Crippen LogP contribution in [-0.4, -0.2) is 15.9 Å². The van der Waals surface area contributed by atoms with Crippen LogP contribution in [0.5, 0.6) is 5.75 Å². The van der Waals surface area contributed by atoms with Crippen molar-refractivity contribution in [2.45, 2.75) is 32.8 Å². The van der Waals surface area contributed by atoms with Crippen LogP contribution in [0.2, 0.25) is 10.0 Å². The van der Waals surface area contributed by atoms with Gasteiger partial charge in [-0.3, -0.25) is 4.79 Å². The fraction of sp³-hybridized carbons (Fsp3) is 0.192. The summed E-state index contributed by atoms with van der Waals surface area (Å²) in [5.74, 6) is 0.995. The highest BCUT2D eigenvalue weighted by molar-refractivity contribution is 9.11. The van der Waals surface area contributed by atoms with Gasteiger partial charge >= 0.3 is 0 Å². The average Bonchev–Trinajstić information content (AvgIpc) is 2.83. The molecule has 0 amide bonds. The van der Waals surface area contributed by atoms with Crippen LogP contribution in [0, 0.1) is 0 Å². The molecule has 0 unspecified atom stereocenters. The molecule has 36 heavy (non-hydrogen) atoms. The van der Waals surface area contributed by atoms with Crippen LogP contribution < -0.4 is 10.3 Å². The Labute approximate surface area is 243 Å². The lowest BCUT2D eigenvalue weighted by atomic mass is 10.1. The SMILES string of the molecule is CC[C@@H](C)c1nc2ccc(Br)cc2c(=O)n1N=Cc1cc(Cl)c(OCc2ccc(Br)cc2Br)c(Cl)c1. The number of fused-ring (bicyclic) bond motifs is 1. The van der Waals surface area contributed by atoms with Gasteiger partial charge in [-0.1, -0.05) is 90.9 Å². The predicted octanol–water partition coefficient (Wildman–Crippen LogP) is 8.97. The monoisotopic (exact) mass is 713 g/mol. The summed E-state index contributed by atoms with van der Waals surface area (Å²) in [5, 5.41) is 5.64. The van der Waals surface area contributed by atoms with Gasteiger partial charge in [0.2, 0.25) is 0 Å². The zero-order valence-electron chi connectivity index (χ0n) is 19.2. The summed E-state index contributed by atoms with van der Waals surface area (Å²) < 4.78 is 9.93. The maximum atomic E-state index is 13.3. The summed E-state index contributed by atoms with van der Waals surface area (Å²) in [5.41, 5.74) is 1.96. The minimum Gasteiger partial charge on any atom is -0.486 e. The molecule has 0 aliphatic heterocycles. The molecule has 186 valence electrons. The number of hydrogen-bond acceptors (Lipinski definition) is 4. The molecule has 10 heteroatoms. The van der Waals surface area contributed by atoms with E-state index < -0.39 is 0 Å². The lowest BCUT2D eigenvalue weighted by Crippen LogP contribution is -2.23. The lowest BCUT2D eigenvalue weighted by Gasteiger charge is -2.14. The van der Waals surface area contributed by atoms with E-state index in [1.165, 1.54) is 4.68 Å². The Balaban J connectivity index is 1.66. The maximum absolute atomic E-state index is 13.3. The van der Waals surface area contributed by atoms with Crippen molar-refractivity contribution < 1.29 is 4.74 Å². The van der Waals surface area contributed by atoms with E-state index >= 15 is 0 Å². The first-order valence-corrected chi connectivity index (χ1v) is 14.1. The molecule has 0 aliphatic carbocycles. The zero-order chi connectivity index (χ0) is 26.0. The Hall–Kier alpha value is -1.71. The van der Waals surface area contributed by atoms with Crippen LogP contribution in [0.25, 0.3) is 10.9 Å². The second-order valence-corrected chi connectivity index (χ2v) is 11.6. The van der Waals surface area contributed by atoms with Crippen LogP contribution in [0.15, 0.2) is 71.8 Å². The van der Waals surface area contributed by atoms with Gasteiger partial charge in [-0.05, 0) is 54.4 Å². The molecule has 0 saturated heterocycles. The van der Waals surface area contributed by atoms with Gasteiger partial charge in [0.05, 0.1) is 27.2 Å². The van der Waals surface area contributed by atoms with Crippen molar-refractivity contribution in [1.29, 1.82) is 0 Å². The molecule has 0 saturated carbocycles. The van der Waals surface area contributed by atoms with Gasteiger partial charge in [0, 0.05) is 24.9 Å². The van der Waals surface area contributed by atoms with Crippen LogP contribution in [-0.2, 0) is 6.61 Å². The Morgan fingerprint density at radius 1 is 1.06 bits per heavy atom. The summed E-state index contributed by atoms with van der Waals surface area (Å²) in [7, 11) is 0. The third-order valence-corrected chi connectivity index (χ3v) is 7.90. The fourth-order valence-corrected chi connectivity index (χ4v) is 5.62. The van der Waals surface area contributed by atoms with E-state index in [-0.39, 0.29) is 18.1 Å². The minimum atomic E-state index is -0.245. The molecule has 1 heterocycles. The first-order valence-electron chi connectivity index (χ1n) is 11.0. The Morgan fingerprint density at radius 2 is 1.72 bits per heavy atom. The lowest BCUT2D eigenvalue weighted by molar-refractivity contribution is 0.306. The smallest absolute Gasteiger partial charge is 0.282 e. The van der Waals surface area contributed by atoms with Gasteiger partial charge in [-0.15, -0.1) is 0 Å². The van der Waals surface area contributed by atoms with Crippen molar-refractivity contribution in [2.24, 2.45) is 5.10 Å². The summed E-state index contributed by atoms with van der Waals surface area (Å²) in [6.07, 6.45) is 2.35. The molecular weight excluding hydrogens is 697 g/mol. The molecule has 4 aromatic rings. The Bertz CT molecular complexity index is 1520. The molecule has 0 bridgehead atoms. The van der Waals surface area contributed by atoms with Crippen molar-refractivity contribution in [3.8, 4) is 5.75 Å². The molecule has 0 radical (unpaired) electrons. The third-order valence-electron chi connectivity index (χ3n) is 5.62. The molecule has 4 rings (SSSR count). The summed E-state index contributed by atoms with van der Waals surface area (Å²) in [6, 6.07) is 14.7. The molecule has 0 N–H and O–H groups in total. The largest absolute Gasteiger partial charge is 0.486 e. The number of hydrogen-bond donors (Lipinski definition) is 0. The minimum absolute atomic E-state index is 0.0313. The number of aromatic nitrogens is 2. The highest BCUT2D eigenvalue weighted by Gasteiger charge is 2.16. The van der Waals surface area contributed by atoms with E-state index in [4.69, 9.17) is 32.9 Å². The second kappa shape index (κ2) is 11.8. The van der Waals surface area contributed by atoms with E-state index in [0.29, 0.717) is 38.1 Å². The second-order valence-electron chi connectivity index (χ2n) is 8.14. The number of benzene rings is 3. The van der Waals surface area contributed by atoms with Gasteiger partial charge in [0.1, 0.15) is 12.4 Å². The molecule has 1 aromatic heterocycles. The highest BCUT2D eigenvalue weighted by atomic mass is 79.9. The van der Waals surface area contributed by atoms with Gasteiger partial charge in [-0.2, -0.15) is 9.78 Å². The Morgan fingerprint density at radius 3 is 2.39 bits per heavy atom. The van der Waals surface area contributed by atoms with Crippen LogP contribution in [0.3, 0.4) is 0 Å². The molecule has 0 aliphatic rings. The number of nitrogens with zero attached hydrogens (tertiary/aromatic N) is 3. The van der Waals surface area contributed by atoms with E-state index in [1.807, 2.05) is 44.2 Å². The molecule has 0 spiro atoms. The van der Waals surface area contributed by atoms with Crippen molar-refractivity contribution in [3.63, 3.8) is 0 Å². The van der Waals surface area contributed by atoms with E-state index in [1.54, 1.807) is 24.4 Å². The molecular formula is C26H20Br3Cl2N3O2. The van der Waals surface area contributed by atoms with Crippen molar-refractivity contribution >= 4 is 88.1 Å². The summed E-state index contributed by atoms with van der Waals surface area (Å²) in [6.45, 7) is 4.34. The van der Waals surface area contributed by atoms with Crippen LogP contribution in [0.4, 0.5) is 0 Å². The van der Waals surface area contributed by atoms with E-state index in [9.17, 15) is 4.79 Å². The topological polar surface area (TPSA) is 56.5 Å². The molecule has 0 fully saturated rings. The Kier molecular flexibility index (Phi) is 8.94. The van der Waals surface area contributed by atoms with Crippen molar-refractivity contribution in [3.05, 3.63) is 99.3 Å². The first-order chi connectivity index (χ1) is 17.2. The highest BCUT2D eigenvalue weighted by Crippen LogP contribution is 2.35. The molecule has 3 aromatic carbocycles. The fourth-order valence-electron chi connectivity index (χ4n) is 3.48. The van der Waals surface area contributed by atoms with E-state index in [2.05, 4.69) is 52.9 Å². The normalized spacial score (nSPS) is 12.4. The average molecular weight is 717 g/mol. The summed E-state index contributed by atoms with van der Waals surface area (Å²) >= 11 is 23.4. The number of halogens is 5. The van der Waals surface area contributed by atoms with Gasteiger partial charge in [0.25, 0.3) is 5.56 Å². The van der Waals surface area contributed by atoms with Crippen molar-refractivity contribution in [2.75, 3.05) is 0 Å². The number of ether oxygens (including phenoxy) is 1. The van der Waals surface area contributed by atoms with Gasteiger partial charge in [0.15, 0.2) is 5.75 Å². The first kappa shape index (κ1) is 27.3. The van der Waals surface area contributed by atoms with Gasteiger partial charge < -0.3 is 4.74 Å². The molecule has 1 atom stereocenters. The third kappa shape index (κ3) is 6.05.